The molecule has 0 aliphatic heterocycles. The maximum absolute atomic E-state index is 7.37. The summed E-state index contributed by atoms with van der Waals surface area (Å²) >= 11 is 0. The van der Waals surface area contributed by atoms with E-state index in [4.69, 9.17) is 11.1 Å². The van der Waals surface area contributed by atoms with E-state index in [0.717, 1.165) is 22.0 Å². The van der Waals surface area contributed by atoms with Gasteiger partial charge in [-0.15, -0.1) is 0 Å². The molecule has 2 aromatic rings. The summed E-state index contributed by atoms with van der Waals surface area (Å²) in [6.45, 7) is 0. The summed E-state index contributed by atoms with van der Waals surface area (Å²) < 4.78 is 0. The molecule has 4 N–H and O–H groups in total. The zero-order valence-electron chi connectivity index (χ0n) is 9.44. The van der Waals surface area contributed by atoms with Gasteiger partial charge in [0.25, 0.3) is 0 Å². The Hall–Kier alpha value is -2.43. The molecular weight excluding hydrogens is 214 g/mol. The number of nitrogen functional groups attached to an aromatic ring is 1. The van der Waals surface area contributed by atoms with Gasteiger partial charge in [-0.2, -0.15) is 0 Å². The Kier molecular flexibility index (Phi) is 3.00. The smallest absolute Gasteiger partial charge is 0.134 e. The summed E-state index contributed by atoms with van der Waals surface area (Å²) in [5.41, 5.74) is 8.28. The van der Waals surface area contributed by atoms with Crippen LogP contribution in [-0.2, 0) is 0 Å². The molecule has 0 aliphatic rings. The first-order valence-corrected chi connectivity index (χ1v) is 5.15. The number of nitrogens with two attached hydrogens (primary N) is 1. The molecule has 0 saturated heterocycles. The third kappa shape index (κ3) is 2.08. The zero-order chi connectivity index (χ0) is 12.3. The van der Waals surface area contributed by atoms with Crippen LogP contribution in [0.2, 0.25) is 0 Å². The van der Waals surface area contributed by atoms with Crippen molar-refractivity contribution in [3.8, 4) is 0 Å². The van der Waals surface area contributed by atoms with Gasteiger partial charge in [0, 0.05) is 30.4 Å². The predicted molar refractivity (Wildman–Crippen MR) is 69.8 cm³/mol. The van der Waals surface area contributed by atoms with Crippen molar-refractivity contribution in [2.24, 2.45) is 0 Å². The monoisotopic (exact) mass is 227 g/mol. The Morgan fingerprint density at radius 3 is 2.94 bits per heavy atom. The lowest BCUT2D eigenvalue weighted by atomic mass is 10.1. The highest BCUT2D eigenvalue weighted by molar-refractivity contribution is 6.09. The van der Waals surface area contributed by atoms with Crippen molar-refractivity contribution in [1.29, 1.82) is 5.41 Å². The van der Waals surface area contributed by atoms with Crippen LogP contribution < -0.4 is 11.1 Å². The fourth-order valence-corrected chi connectivity index (χ4v) is 1.62. The summed E-state index contributed by atoms with van der Waals surface area (Å²) in [4.78, 5) is 8.09. The van der Waals surface area contributed by atoms with E-state index < -0.39 is 0 Å². The highest BCUT2D eigenvalue weighted by Gasteiger charge is 2.04. The van der Waals surface area contributed by atoms with Crippen LogP contribution in [0.25, 0.3) is 16.5 Å². The van der Waals surface area contributed by atoms with Gasteiger partial charge < -0.3 is 16.5 Å². The quantitative estimate of drug-likeness (QED) is 0.692. The van der Waals surface area contributed by atoms with Gasteiger partial charge in [-0.25, -0.2) is 9.97 Å². The molecule has 17 heavy (non-hydrogen) atoms. The Balaban J connectivity index is 2.61. The van der Waals surface area contributed by atoms with Crippen molar-refractivity contribution in [2.45, 2.75) is 0 Å². The lowest BCUT2D eigenvalue weighted by molar-refractivity contribution is 1.11. The van der Waals surface area contributed by atoms with Crippen molar-refractivity contribution in [3.63, 3.8) is 0 Å². The number of nitrogens with zero attached hydrogens (tertiary/aromatic N) is 2. The van der Waals surface area contributed by atoms with Crippen LogP contribution in [-0.4, -0.2) is 23.2 Å². The number of allylic oxidation sites excluding steroid dienone is 1. The topological polar surface area (TPSA) is 87.7 Å². The minimum atomic E-state index is 0.450. The van der Waals surface area contributed by atoms with Crippen molar-refractivity contribution < 1.29 is 0 Å². The summed E-state index contributed by atoms with van der Waals surface area (Å²) in [7, 11) is 1.79. The normalized spacial score (nSPS) is 11.5. The maximum Gasteiger partial charge on any atom is 0.134 e. The average Bonchev–Trinajstić information content (AvgIpc) is 2.36. The predicted octanol–water partition coefficient (Wildman–Crippen LogP) is 1.42. The van der Waals surface area contributed by atoms with Gasteiger partial charge >= 0.3 is 0 Å². The third-order valence-corrected chi connectivity index (χ3v) is 2.45. The highest BCUT2D eigenvalue weighted by atomic mass is 14.9. The zero-order valence-corrected chi connectivity index (χ0v) is 9.44. The number of hydrogen-bond donors (Lipinski definition) is 3. The molecule has 1 aromatic carbocycles. The van der Waals surface area contributed by atoms with Gasteiger partial charge in [-0.1, -0.05) is 6.07 Å². The number of fused-ring (bicyclic) bond motifs is 1. The van der Waals surface area contributed by atoms with Gasteiger partial charge in [0.15, 0.2) is 0 Å². The van der Waals surface area contributed by atoms with Crippen molar-refractivity contribution in [3.05, 3.63) is 36.3 Å². The Morgan fingerprint density at radius 2 is 2.24 bits per heavy atom. The molecule has 5 nitrogen and oxygen atoms in total. The van der Waals surface area contributed by atoms with E-state index in [-0.39, 0.29) is 0 Å². The van der Waals surface area contributed by atoms with Crippen molar-refractivity contribution >= 4 is 28.5 Å². The molecule has 0 bridgehead atoms. The second-order valence-electron chi connectivity index (χ2n) is 3.52. The standard InChI is InChI=1S/C12H13N5/c1-15-6-9(5-13)8-2-3-11-10(4-8)12(14)17-7-16-11/h2-7,13,15H,1H3,(H2,14,16,17)/b9-6+,13-5?. The van der Waals surface area contributed by atoms with Crippen LogP contribution in [0.5, 0.6) is 0 Å². The molecular formula is C12H13N5. The van der Waals surface area contributed by atoms with E-state index in [1.165, 1.54) is 12.5 Å². The average molecular weight is 227 g/mol. The van der Waals surface area contributed by atoms with Crippen LogP contribution in [0.15, 0.2) is 30.7 Å². The number of nitrogens with one attached hydrogen (secondary N) is 2. The van der Waals surface area contributed by atoms with Gasteiger partial charge in [0.1, 0.15) is 12.1 Å². The van der Waals surface area contributed by atoms with Gasteiger partial charge in [0.2, 0.25) is 0 Å². The van der Waals surface area contributed by atoms with Crippen molar-refractivity contribution in [2.75, 3.05) is 12.8 Å². The SMILES string of the molecule is CN/C=C(\C=N)c1ccc2ncnc(N)c2c1. The third-order valence-electron chi connectivity index (χ3n) is 2.45. The molecule has 0 unspecified atom stereocenters. The van der Waals surface area contributed by atoms with Crippen LogP contribution in [0.1, 0.15) is 5.56 Å². The highest BCUT2D eigenvalue weighted by Crippen LogP contribution is 2.21. The minimum Gasteiger partial charge on any atom is -0.393 e. The number of benzene rings is 1. The molecule has 5 heteroatoms. The summed E-state index contributed by atoms with van der Waals surface area (Å²) in [6, 6.07) is 5.66. The van der Waals surface area contributed by atoms with Crippen LogP contribution in [0.3, 0.4) is 0 Å². The fraction of sp³-hybridized carbons (Fsp3) is 0.0833. The van der Waals surface area contributed by atoms with E-state index in [2.05, 4.69) is 15.3 Å². The Bertz CT molecular complexity index is 588. The number of hydrogen-bond acceptors (Lipinski definition) is 5. The molecule has 1 aromatic heterocycles. The Morgan fingerprint density at radius 1 is 1.41 bits per heavy atom. The van der Waals surface area contributed by atoms with Crippen LogP contribution >= 0.6 is 0 Å². The first-order valence-electron chi connectivity index (χ1n) is 5.15. The lowest BCUT2D eigenvalue weighted by Crippen LogP contribution is -1.98. The second-order valence-corrected chi connectivity index (χ2v) is 3.52. The van der Waals surface area contributed by atoms with E-state index >= 15 is 0 Å². The lowest BCUT2D eigenvalue weighted by Gasteiger charge is -2.05. The Labute approximate surface area is 98.9 Å². The fourth-order valence-electron chi connectivity index (χ4n) is 1.62. The number of anilines is 1. The van der Waals surface area contributed by atoms with E-state index in [0.29, 0.717) is 5.82 Å². The summed E-state index contributed by atoms with van der Waals surface area (Å²) in [5.74, 6) is 0.450. The number of aromatic nitrogens is 2. The minimum absolute atomic E-state index is 0.450. The first-order chi connectivity index (χ1) is 8.26. The van der Waals surface area contributed by atoms with E-state index in [9.17, 15) is 0 Å². The van der Waals surface area contributed by atoms with Gasteiger partial charge in [0.05, 0.1) is 5.52 Å². The van der Waals surface area contributed by atoms with E-state index in [1.807, 2.05) is 18.2 Å². The molecule has 0 radical (unpaired) electrons. The van der Waals surface area contributed by atoms with Gasteiger partial charge in [-0.3, -0.25) is 0 Å². The largest absolute Gasteiger partial charge is 0.393 e. The van der Waals surface area contributed by atoms with Crippen LogP contribution in [0.4, 0.5) is 5.82 Å². The summed E-state index contributed by atoms with van der Waals surface area (Å²) in [6.07, 6.45) is 4.49. The molecule has 0 aliphatic carbocycles. The van der Waals surface area contributed by atoms with Crippen molar-refractivity contribution in [1.82, 2.24) is 15.3 Å². The molecule has 0 fully saturated rings. The molecule has 0 amide bonds. The molecule has 2 rings (SSSR count). The second kappa shape index (κ2) is 4.61. The van der Waals surface area contributed by atoms with Crippen LogP contribution in [0, 0.1) is 5.41 Å². The molecule has 0 saturated carbocycles. The number of rotatable bonds is 3. The summed E-state index contributed by atoms with van der Waals surface area (Å²) in [5, 5.41) is 11.1. The first kappa shape index (κ1) is 11.1. The molecule has 1 heterocycles. The maximum atomic E-state index is 7.37. The molecule has 86 valence electrons. The molecule has 0 atom stereocenters. The molecule has 0 spiro atoms. The van der Waals surface area contributed by atoms with Gasteiger partial charge in [-0.05, 0) is 17.7 Å². The van der Waals surface area contributed by atoms with E-state index in [1.54, 1.807) is 13.2 Å².